The molecule has 1 amide bonds. The predicted molar refractivity (Wildman–Crippen MR) is 54.8 cm³/mol. The molecule has 92 valence electrons. The van der Waals surface area contributed by atoms with Crippen molar-refractivity contribution in [1.29, 1.82) is 0 Å². The van der Waals surface area contributed by atoms with Crippen LogP contribution in [0, 0.1) is 5.92 Å². The molecule has 0 spiro atoms. The number of amides is 1. The molecule has 2 atom stereocenters. The highest BCUT2D eigenvalue weighted by atomic mass is 16.5. The zero-order chi connectivity index (χ0) is 12.2. The van der Waals surface area contributed by atoms with Gasteiger partial charge in [0, 0.05) is 6.61 Å². The summed E-state index contributed by atoms with van der Waals surface area (Å²) < 4.78 is 5.14. The zero-order valence-electron chi connectivity index (χ0n) is 9.23. The van der Waals surface area contributed by atoms with Gasteiger partial charge >= 0.3 is 5.97 Å². The van der Waals surface area contributed by atoms with Crippen LogP contribution in [0.3, 0.4) is 0 Å². The summed E-state index contributed by atoms with van der Waals surface area (Å²) in [4.78, 5) is 22.2. The molecule has 6 nitrogen and oxygen atoms in total. The van der Waals surface area contributed by atoms with Gasteiger partial charge in [-0.1, -0.05) is 0 Å². The second-order valence-corrected chi connectivity index (χ2v) is 4.21. The van der Waals surface area contributed by atoms with Gasteiger partial charge in [-0.25, -0.2) is 4.79 Å². The number of carboxylic acid groups (broad SMARTS) is 1. The van der Waals surface area contributed by atoms with Crippen molar-refractivity contribution >= 4 is 11.9 Å². The van der Waals surface area contributed by atoms with Crippen LogP contribution in [0.4, 0.5) is 0 Å². The Morgan fingerprint density at radius 1 is 1.56 bits per heavy atom. The molecule has 0 aromatic rings. The van der Waals surface area contributed by atoms with E-state index < -0.39 is 11.6 Å². The number of hydrogen-bond donors (Lipinski definition) is 3. The smallest absolute Gasteiger partial charge is 0.337 e. The summed E-state index contributed by atoms with van der Waals surface area (Å²) in [6, 6.07) is 0. The lowest BCUT2D eigenvalue weighted by Crippen LogP contribution is -2.48. The normalized spacial score (nSPS) is 24.5. The monoisotopic (exact) mass is 231 g/mol. The molecule has 0 aliphatic carbocycles. The molecule has 1 rings (SSSR count). The number of carbonyl (C=O) groups is 2. The third-order valence-electron chi connectivity index (χ3n) is 2.60. The first-order valence-corrected chi connectivity index (χ1v) is 5.25. The first-order chi connectivity index (χ1) is 7.43. The number of aliphatic hydroxyl groups is 1. The van der Waals surface area contributed by atoms with Gasteiger partial charge in [-0.15, -0.1) is 0 Å². The number of carbonyl (C=O) groups excluding carboxylic acids is 1. The Morgan fingerprint density at radius 3 is 2.75 bits per heavy atom. The maximum Gasteiger partial charge on any atom is 0.337 e. The number of rotatable bonds is 4. The van der Waals surface area contributed by atoms with Gasteiger partial charge in [-0.05, 0) is 19.8 Å². The van der Waals surface area contributed by atoms with Crippen LogP contribution in [0.15, 0.2) is 0 Å². The molecule has 1 fully saturated rings. The van der Waals surface area contributed by atoms with E-state index in [0.717, 1.165) is 19.8 Å². The van der Waals surface area contributed by atoms with E-state index in [1.807, 2.05) is 0 Å². The van der Waals surface area contributed by atoms with E-state index in [0.29, 0.717) is 13.2 Å². The fraction of sp³-hybridized carbons (Fsp3) is 0.800. The second-order valence-electron chi connectivity index (χ2n) is 4.21. The Morgan fingerprint density at radius 2 is 2.25 bits per heavy atom. The summed E-state index contributed by atoms with van der Waals surface area (Å²) in [5, 5.41) is 20.5. The predicted octanol–water partition coefficient (Wildman–Crippen LogP) is -0.635. The molecule has 0 bridgehead atoms. The van der Waals surface area contributed by atoms with Crippen LogP contribution in [0.1, 0.15) is 19.8 Å². The van der Waals surface area contributed by atoms with Crippen LogP contribution in [0.5, 0.6) is 0 Å². The summed E-state index contributed by atoms with van der Waals surface area (Å²) in [5.41, 5.74) is -1.93. The Hall–Kier alpha value is -1.14. The van der Waals surface area contributed by atoms with Crippen LogP contribution in [0.2, 0.25) is 0 Å². The van der Waals surface area contributed by atoms with Crippen LogP contribution in [-0.2, 0) is 14.3 Å². The number of aliphatic carboxylic acids is 1. The van der Waals surface area contributed by atoms with Crippen LogP contribution >= 0.6 is 0 Å². The van der Waals surface area contributed by atoms with Gasteiger partial charge in [0.1, 0.15) is 0 Å². The maximum absolute atomic E-state index is 11.6. The number of hydrogen-bond acceptors (Lipinski definition) is 4. The summed E-state index contributed by atoms with van der Waals surface area (Å²) >= 11 is 0. The lowest BCUT2D eigenvalue weighted by Gasteiger charge is -2.23. The van der Waals surface area contributed by atoms with Crippen LogP contribution in [0.25, 0.3) is 0 Å². The van der Waals surface area contributed by atoms with Crippen molar-refractivity contribution in [3.8, 4) is 0 Å². The molecule has 2 unspecified atom stereocenters. The Balaban J connectivity index is 2.37. The summed E-state index contributed by atoms with van der Waals surface area (Å²) in [7, 11) is 0. The molecule has 1 aliphatic rings. The second kappa shape index (κ2) is 5.27. The quantitative estimate of drug-likeness (QED) is 0.598. The van der Waals surface area contributed by atoms with Crippen molar-refractivity contribution in [2.75, 3.05) is 19.8 Å². The van der Waals surface area contributed by atoms with E-state index in [2.05, 4.69) is 5.32 Å². The fourth-order valence-electron chi connectivity index (χ4n) is 1.43. The van der Waals surface area contributed by atoms with Crippen molar-refractivity contribution in [1.82, 2.24) is 5.32 Å². The Bertz CT molecular complexity index is 270. The van der Waals surface area contributed by atoms with Crippen molar-refractivity contribution in [3.63, 3.8) is 0 Å². The van der Waals surface area contributed by atoms with Crippen molar-refractivity contribution in [2.24, 2.45) is 5.92 Å². The van der Waals surface area contributed by atoms with Gasteiger partial charge in [-0.2, -0.15) is 0 Å². The van der Waals surface area contributed by atoms with E-state index in [9.17, 15) is 14.7 Å². The minimum absolute atomic E-state index is 0.238. The largest absolute Gasteiger partial charge is 0.479 e. The highest BCUT2D eigenvalue weighted by molar-refractivity contribution is 5.81. The fourth-order valence-corrected chi connectivity index (χ4v) is 1.43. The molecule has 6 heteroatoms. The third-order valence-corrected chi connectivity index (χ3v) is 2.60. The molecule has 1 heterocycles. The molecule has 0 saturated carbocycles. The van der Waals surface area contributed by atoms with E-state index in [1.54, 1.807) is 0 Å². The lowest BCUT2D eigenvalue weighted by molar-refractivity contribution is -0.156. The molecule has 3 N–H and O–H groups in total. The number of nitrogens with one attached hydrogen (secondary N) is 1. The molecule has 0 radical (unpaired) electrons. The highest BCUT2D eigenvalue weighted by Crippen LogP contribution is 2.13. The molecule has 0 aromatic carbocycles. The van der Waals surface area contributed by atoms with E-state index in [1.165, 1.54) is 0 Å². The number of carboxylic acids is 1. The first-order valence-electron chi connectivity index (χ1n) is 5.25. The van der Waals surface area contributed by atoms with Crippen LogP contribution in [-0.4, -0.2) is 47.4 Å². The zero-order valence-corrected chi connectivity index (χ0v) is 9.23. The highest BCUT2D eigenvalue weighted by Gasteiger charge is 2.31. The summed E-state index contributed by atoms with van der Waals surface area (Å²) in [6.45, 7) is 1.88. The van der Waals surface area contributed by atoms with E-state index in [-0.39, 0.29) is 18.4 Å². The van der Waals surface area contributed by atoms with Gasteiger partial charge in [0.15, 0.2) is 5.60 Å². The summed E-state index contributed by atoms with van der Waals surface area (Å²) in [5.74, 6) is -1.85. The molecule has 1 aliphatic heterocycles. The number of ether oxygens (including phenoxy) is 1. The van der Waals surface area contributed by atoms with E-state index >= 15 is 0 Å². The van der Waals surface area contributed by atoms with Crippen molar-refractivity contribution in [2.45, 2.75) is 25.4 Å². The van der Waals surface area contributed by atoms with Gasteiger partial charge in [-0.3, -0.25) is 4.79 Å². The SMILES string of the molecule is CC(O)(CNC(=O)C1CCCOC1)C(=O)O. The average molecular weight is 231 g/mol. The minimum Gasteiger partial charge on any atom is -0.479 e. The van der Waals surface area contributed by atoms with Gasteiger partial charge in [0.2, 0.25) is 5.91 Å². The molecule has 0 aromatic heterocycles. The summed E-state index contributed by atoms with van der Waals surface area (Å²) in [6.07, 6.45) is 1.56. The lowest BCUT2D eigenvalue weighted by atomic mass is 10.0. The van der Waals surface area contributed by atoms with Crippen LogP contribution < -0.4 is 5.32 Å². The molecular weight excluding hydrogens is 214 g/mol. The molecule has 1 saturated heterocycles. The maximum atomic E-state index is 11.6. The molecule has 16 heavy (non-hydrogen) atoms. The minimum atomic E-state index is -1.93. The Kier molecular flexibility index (Phi) is 4.26. The van der Waals surface area contributed by atoms with Crippen molar-refractivity contribution in [3.05, 3.63) is 0 Å². The third kappa shape index (κ3) is 3.46. The standard InChI is InChI=1S/C10H17NO5/c1-10(15,9(13)14)6-11-8(12)7-3-2-4-16-5-7/h7,15H,2-6H2,1H3,(H,11,12)(H,13,14). The average Bonchev–Trinajstić information content (AvgIpc) is 2.27. The Labute approximate surface area is 93.6 Å². The molecular formula is C10H17NO5. The van der Waals surface area contributed by atoms with E-state index in [4.69, 9.17) is 9.84 Å². The van der Waals surface area contributed by atoms with Gasteiger partial charge < -0.3 is 20.3 Å². The topological polar surface area (TPSA) is 95.9 Å². The van der Waals surface area contributed by atoms with Crippen molar-refractivity contribution < 1.29 is 24.5 Å². The van der Waals surface area contributed by atoms with Gasteiger partial charge in [0.25, 0.3) is 0 Å². The first kappa shape index (κ1) is 12.9. The van der Waals surface area contributed by atoms with Gasteiger partial charge in [0.05, 0.1) is 19.1 Å².